The fourth-order valence-corrected chi connectivity index (χ4v) is 3.31. The van der Waals surface area contributed by atoms with Gasteiger partial charge in [-0.25, -0.2) is 4.79 Å². The molecule has 0 radical (unpaired) electrons. The molecule has 4 rings (SSSR count). The number of ether oxygens (including phenoxy) is 1. The summed E-state index contributed by atoms with van der Waals surface area (Å²) in [6.07, 6.45) is 0.490. The molecule has 1 aromatic heterocycles. The molecule has 1 heterocycles. The molecule has 0 saturated carbocycles. The average molecular weight is 385 g/mol. The van der Waals surface area contributed by atoms with Crippen LogP contribution in [0.5, 0.6) is 5.75 Å². The van der Waals surface area contributed by atoms with Crippen LogP contribution in [-0.2, 0) is 4.74 Å². The second-order valence-corrected chi connectivity index (χ2v) is 6.78. The van der Waals surface area contributed by atoms with Crippen molar-refractivity contribution in [3.8, 4) is 5.75 Å². The highest BCUT2D eigenvalue weighted by atomic mass is 16.5. The minimum Gasteiger partial charge on any atom is -0.507 e. The first-order valence-electron chi connectivity index (χ1n) is 9.21. The summed E-state index contributed by atoms with van der Waals surface area (Å²) in [5.74, 6) is -1.24. The third kappa shape index (κ3) is 3.50. The van der Waals surface area contributed by atoms with Gasteiger partial charge in [0.15, 0.2) is 6.10 Å². The number of fused-ring (bicyclic) bond motifs is 1. The van der Waals surface area contributed by atoms with Crippen LogP contribution in [0.3, 0.4) is 0 Å². The number of aromatic hydroxyl groups is 1. The normalized spacial score (nSPS) is 11.9. The third-order valence-electron chi connectivity index (χ3n) is 4.88. The van der Waals surface area contributed by atoms with Crippen molar-refractivity contribution in [2.24, 2.45) is 0 Å². The van der Waals surface area contributed by atoms with Crippen molar-refractivity contribution in [2.45, 2.75) is 13.0 Å². The van der Waals surface area contributed by atoms with Crippen LogP contribution in [0.15, 0.2) is 79.0 Å². The number of aryl methyl sites for hydroxylation is 1. The molecule has 2 N–H and O–H groups in total. The highest BCUT2D eigenvalue weighted by Crippen LogP contribution is 2.30. The van der Waals surface area contributed by atoms with E-state index in [1.165, 1.54) is 6.07 Å². The molecule has 1 atom stereocenters. The molecule has 0 aliphatic rings. The largest absolute Gasteiger partial charge is 0.507 e. The number of hydrogen-bond donors (Lipinski definition) is 2. The maximum atomic E-state index is 13.4. The Morgan fingerprint density at radius 3 is 2.41 bits per heavy atom. The highest BCUT2D eigenvalue weighted by molar-refractivity contribution is 6.11. The van der Waals surface area contributed by atoms with Gasteiger partial charge in [0.1, 0.15) is 11.3 Å². The molecular weight excluding hydrogens is 366 g/mol. The maximum Gasteiger partial charge on any atom is 0.342 e. The van der Waals surface area contributed by atoms with Gasteiger partial charge in [-0.2, -0.15) is 0 Å². The monoisotopic (exact) mass is 385 g/mol. The van der Waals surface area contributed by atoms with E-state index in [9.17, 15) is 14.7 Å². The predicted octanol–water partition coefficient (Wildman–Crippen LogP) is 4.96. The van der Waals surface area contributed by atoms with Gasteiger partial charge in [-0.05, 0) is 24.6 Å². The van der Waals surface area contributed by atoms with Crippen molar-refractivity contribution in [2.75, 3.05) is 0 Å². The Morgan fingerprint density at radius 2 is 1.62 bits per heavy atom. The number of phenolic OH excluding ortho intramolecular Hbond substituents is 1. The maximum absolute atomic E-state index is 13.4. The molecule has 4 aromatic rings. The lowest BCUT2D eigenvalue weighted by Gasteiger charge is -2.18. The summed E-state index contributed by atoms with van der Waals surface area (Å²) in [5.41, 5.74) is 2.40. The quantitative estimate of drug-likeness (QED) is 0.376. The Bertz CT molecular complexity index is 1190. The van der Waals surface area contributed by atoms with E-state index >= 15 is 0 Å². The van der Waals surface area contributed by atoms with E-state index in [1.54, 1.807) is 49.5 Å². The van der Waals surface area contributed by atoms with E-state index in [1.807, 2.05) is 30.3 Å². The molecule has 0 bridgehead atoms. The first-order chi connectivity index (χ1) is 14.1. The molecule has 0 aliphatic heterocycles. The molecule has 0 amide bonds. The number of aromatic nitrogens is 1. The van der Waals surface area contributed by atoms with E-state index in [4.69, 9.17) is 4.74 Å². The molecule has 29 heavy (non-hydrogen) atoms. The van der Waals surface area contributed by atoms with Crippen molar-refractivity contribution >= 4 is 22.7 Å². The van der Waals surface area contributed by atoms with E-state index in [0.29, 0.717) is 16.7 Å². The van der Waals surface area contributed by atoms with Crippen LogP contribution in [-0.4, -0.2) is 21.8 Å². The third-order valence-corrected chi connectivity index (χ3v) is 4.88. The van der Waals surface area contributed by atoms with Crippen LogP contribution in [0.1, 0.15) is 37.9 Å². The first kappa shape index (κ1) is 18.5. The summed E-state index contributed by atoms with van der Waals surface area (Å²) in [4.78, 5) is 29.3. The van der Waals surface area contributed by atoms with E-state index in [0.717, 1.165) is 10.9 Å². The first-order valence-corrected chi connectivity index (χ1v) is 9.21. The molecule has 0 spiro atoms. The standard InChI is InChI=1S/C24H19NO4/c1-15-8-7-12-18(21(15)26)24(28)29-23(16-9-3-2-4-10-16)22(27)19-14-25-20-13-6-5-11-17(19)20/h2-14,23,25-26H,1H3. The molecule has 3 aromatic carbocycles. The van der Waals surface area contributed by atoms with Gasteiger partial charge in [0.25, 0.3) is 0 Å². The van der Waals surface area contributed by atoms with Gasteiger partial charge in [0.2, 0.25) is 5.78 Å². The smallest absolute Gasteiger partial charge is 0.342 e. The number of rotatable bonds is 5. The Morgan fingerprint density at radius 1 is 0.897 bits per heavy atom. The number of para-hydroxylation sites is 2. The predicted molar refractivity (Wildman–Crippen MR) is 110 cm³/mol. The number of esters is 1. The van der Waals surface area contributed by atoms with Crippen LogP contribution in [0.2, 0.25) is 0 Å². The van der Waals surface area contributed by atoms with Crippen molar-refractivity contribution in [3.63, 3.8) is 0 Å². The number of benzene rings is 3. The highest BCUT2D eigenvalue weighted by Gasteiger charge is 2.29. The van der Waals surface area contributed by atoms with Crippen LogP contribution in [0.4, 0.5) is 0 Å². The second kappa shape index (κ2) is 7.64. The van der Waals surface area contributed by atoms with Crippen molar-refractivity contribution in [1.29, 1.82) is 0 Å². The summed E-state index contributed by atoms with van der Waals surface area (Å²) in [5, 5.41) is 11.0. The zero-order valence-corrected chi connectivity index (χ0v) is 15.8. The molecule has 0 fully saturated rings. The minimum atomic E-state index is -1.14. The number of ketones is 1. The fourth-order valence-electron chi connectivity index (χ4n) is 3.31. The van der Waals surface area contributed by atoms with Crippen LogP contribution >= 0.6 is 0 Å². The Kier molecular flexibility index (Phi) is 4.87. The van der Waals surface area contributed by atoms with E-state index in [-0.39, 0.29) is 17.1 Å². The molecule has 0 saturated heterocycles. The number of carbonyl (C=O) groups is 2. The van der Waals surface area contributed by atoms with Crippen LogP contribution in [0.25, 0.3) is 10.9 Å². The van der Waals surface area contributed by atoms with Gasteiger partial charge in [0.05, 0.1) is 0 Å². The van der Waals surface area contributed by atoms with Crippen molar-refractivity contribution < 1.29 is 19.4 Å². The Balaban J connectivity index is 1.73. The minimum absolute atomic E-state index is 0.0256. The number of hydrogen-bond acceptors (Lipinski definition) is 4. The second-order valence-electron chi connectivity index (χ2n) is 6.78. The van der Waals surface area contributed by atoms with Crippen LogP contribution < -0.4 is 0 Å². The van der Waals surface area contributed by atoms with E-state index in [2.05, 4.69) is 4.98 Å². The zero-order valence-electron chi connectivity index (χ0n) is 15.8. The van der Waals surface area contributed by atoms with Gasteiger partial charge in [-0.1, -0.05) is 60.7 Å². The van der Waals surface area contributed by atoms with Crippen LogP contribution in [0, 0.1) is 6.92 Å². The fraction of sp³-hybridized carbons (Fsp3) is 0.0833. The van der Waals surface area contributed by atoms with E-state index < -0.39 is 12.1 Å². The number of Topliss-reactive ketones (excluding diaryl/α,β-unsaturated/α-hetero) is 1. The average Bonchev–Trinajstić information content (AvgIpc) is 3.18. The summed E-state index contributed by atoms with van der Waals surface area (Å²) < 4.78 is 5.63. The zero-order chi connectivity index (χ0) is 20.4. The summed E-state index contributed by atoms with van der Waals surface area (Å²) in [6.45, 7) is 1.69. The molecule has 144 valence electrons. The Hall–Kier alpha value is -3.86. The molecule has 0 aliphatic carbocycles. The van der Waals surface area contributed by atoms with Gasteiger partial charge < -0.3 is 14.8 Å². The number of phenols is 1. The lowest BCUT2D eigenvalue weighted by Crippen LogP contribution is -2.20. The molecule has 5 nitrogen and oxygen atoms in total. The number of carbonyl (C=O) groups excluding carboxylic acids is 2. The molecule has 5 heteroatoms. The topological polar surface area (TPSA) is 79.4 Å². The number of aromatic amines is 1. The van der Waals surface area contributed by atoms with Gasteiger partial charge in [-0.15, -0.1) is 0 Å². The summed E-state index contributed by atoms with van der Waals surface area (Å²) in [7, 11) is 0. The lowest BCUT2D eigenvalue weighted by molar-refractivity contribution is 0.0277. The Labute approximate surface area is 167 Å². The van der Waals surface area contributed by atoms with Gasteiger partial charge in [-0.3, -0.25) is 4.79 Å². The number of H-pyrrole nitrogens is 1. The van der Waals surface area contributed by atoms with Crippen molar-refractivity contribution in [1.82, 2.24) is 4.98 Å². The summed E-state index contributed by atoms with van der Waals surface area (Å²) in [6, 6.07) is 21.1. The molecular formula is C24H19NO4. The summed E-state index contributed by atoms with van der Waals surface area (Å²) >= 11 is 0. The number of nitrogens with one attached hydrogen (secondary N) is 1. The SMILES string of the molecule is Cc1cccc(C(=O)OC(C(=O)c2c[nH]c3ccccc23)c2ccccc2)c1O. The van der Waals surface area contributed by atoms with Gasteiger partial charge in [0, 0.05) is 28.2 Å². The van der Waals surface area contributed by atoms with Crippen molar-refractivity contribution in [3.05, 3.63) is 101 Å². The lowest BCUT2D eigenvalue weighted by atomic mass is 9.99. The molecule has 1 unspecified atom stereocenters. The van der Waals surface area contributed by atoms with Gasteiger partial charge >= 0.3 is 5.97 Å².